The van der Waals surface area contributed by atoms with Crippen molar-refractivity contribution in [3.63, 3.8) is 0 Å². The van der Waals surface area contributed by atoms with Crippen LogP contribution in [0.1, 0.15) is 19.8 Å². The van der Waals surface area contributed by atoms with Crippen molar-refractivity contribution in [3.8, 4) is 0 Å². The highest BCUT2D eigenvalue weighted by molar-refractivity contribution is 5.90. The zero-order valence-electron chi connectivity index (χ0n) is 7.86. The summed E-state index contributed by atoms with van der Waals surface area (Å²) in [6, 6.07) is 0. The average Bonchev–Trinajstić information content (AvgIpc) is 2.83. The SMILES string of the molecule is CC=C(C(=O)O)C1(C=CC(=O)O)CC1. The molecule has 14 heavy (non-hydrogen) atoms. The van der Waals surface area contributed by atoms with Gasteiger partial charge in [0.15, 0.2) is 0 Å². The van der Waals surface area contributed by atoms with Crippen LogP contribution in [0.3, 0.4) is 0 Å². The molecule has 2 N–H and O–H groups in total. The molecule has 1 saturated carbocycles. The maximum atomic E-state index is 10.8. The second-order valence-electron chi connectivity index (χ2n) is 3.34. The van der Waals surface area contributed by atoms with Gasteiger partial charge >= 0.3 is 11.9 Å². The van der Waals surface area contributed by atoms with Gasteiger partial charge in [0.25, 0.3) is 0 Å². The third kappa shape index (κ3) is 2.02. The van der Waals surface area contributed by atoms with Crippen LogP contribution in [0.25, 0.3) is 0 Å². The first-order chi connectivity index (χ1) is 6.52. The lowest BCUT2D eigenvalue weighted by Gasteiger charge is -2.09. The molecule has 0 aromatic heterocycles. The summed E-state index contributed by atoms with van der Waals surface area (Å²) in [7, 11) is 0. The van der Waals surface area contributed by atoms with Gasteiger partial charge in [-0.3, -0.25) is 0 Å². The number of hydrogen-bond donors (Lipinski definition) is 2. The minimum Gasteiger partial charge on any atom is -0.478 e. The molecule has 1 rings (SSSR count). The van der Waals surface area contributed by atoms with Crippen molar-refractivity contribution in [1.82, 2.24) is 0 Å². The summed E-state index contributed by atoms with van der Waals surface area (Å²) in [4.78, 5) is 21.1. The van der Waals surface area contributed by atoms with Crippen LogP contribution in [0, 0.1) is 5.41 Å². The molecular weight excluding hydrogens is 184 g/mol. The Hall–Kier alpha value is -1.58. The molecule has 1 aliphatic carbocycles. The van der Waals surface area contributed by atoms with E-state index < -0.39 is 17.4 Å². The van der Waals surface area contributed by atoms with E-state index >= 15 is 0 Å². The number of hydrogen-bond acceptors (Lipinski definition) is 2. The third-order valence-electron chi connectivity index (χ3n) is 2.39. The Kier molecular flexibility index (Phi) is 2.74. The van der Waals surface area contributed by atoms with Gasteiger partial charge in [0.2, 0.25) is 0 Å². The van der Waals surface area contributed by atoms with E-state index in [2.05, 4.69) is 0 Å². The van der Waals surface area contributed by atoms with Crippen LogP contribution in [0.15, 0.2) is 23.8 Å². The van der Waals surface area contributed by atoms with Gasteiger partial charge in [0, 0.05) is 17.1 Å². The first-order valence-corrected chi connectivity index (χ1v) is 4.34. The van der Waals surface area contributed by atoms with E-state index in [1.165, 1.54) is 12.2 Å². The standard InChI is InChI=1S/C10H12O4/c1-2-7(9(13)14)10(5-6-10)4-3-8(11)12/h2-4H,5-6H2,1H3,(H,11,12)(H,13,14). The normalized spacial score (nSPS) is 19.6. The fourth-order valence-electron chi connectivity index (χ4n) is 1.52. The van der Waals surface area contributed by atoms with Crippen LogP contribution in [-0.2, 0) is 9.59 Å². The van der Waals surface area contributed by atoms with Crippen molar-refractivity contribution in [2.45, 2.75) is 19.8 Å². The van der Waals surface area contributed by atoms with E-state index in [1.807, 2.05) is 0 Å². The molecule has 0 amide bonds. The molecule has 0 unspecified atom stereocenters. The molecular formula is C10H12O4. The highest BCUT2D eigenvalue weighted by Gasteiger charge is 2.46. The minimum atomic E-state index is -1.04. The second-order valence-corrected chi connectivity index (χ2v) is 3.34. The Labute approximate surface area is 81.6 Å². The van der Waals surface area contributed by atoms with Gasteiger partial charge in [-0.2, -0.15) is 0 Å². The quantitative estimate of drug-likeness (QED) is 0.667. The molecule has 0 saturated heterocycles. The third-order valence-corrected chi connectivity index (χ3v) is 2.39. The van der Waals surface area contributed by atoms with Gasteiger partial charge in [0.05, 0.1) is 0 Å². The second kappa shape index (κ2) is 3.65. The lowest BCUT2D eigenvalue weighted by Crippen LogP contribution is -2.11. The number of carboxylic acid groups (broad SMARTS) is 2. The molecule has 0 aromatic carbocycles. The highest BCUT2D eigenvalue weighted by Crippen LogP contribution is 2.53. The lowest BCUT2D eigenvalue weighted by molar-refractivity contribution is -0.134. The first-order valence-electron chi connectivity index (χ1n) is 4.34. The summed E-state index contributed by atoms with van der Waals surface area (Å²) in [5.74, 6) is -2.02. The van der Waals surface area contributed by atoms with Crippen LogP contribution < -0.4 is 0 Å². The Morgan fingerprint density at radius 3 is 2.14 bits per heavy atom. The molecule has 0 aliphatic heterocycles. The fraction of sp³-hybridized carbons (Fsp3) is 0.400. The van der Waals surface area contributed by atoms with Crippen molar-refractivity contribution < 1.29 is 19.8 Å². The summed E-state index contributed by atoms with van der Waals surface area (Å²) in [6.07, 6.45) is 5.44. The molecule has 1 fully saturated rings. The Morgan fingerprint density at radius 1 is 1.29 bits per heavy atom. The number of aliphatic carboxylic acids is 2. The van der Waals surface area contributed by atoms with Crippen molar-refractivity contribution >= 4 is 11.9 Å². The molecule has 0 bridgehead atoms. The van der Waals surface area contributed by atoms with Gasteiger partial charge in [-0.1, -0.05) is 12.2 Å². The van der Waals surface area contributed by atoms with Crippen LogP contribution in [0.5, 0.6) is 0 Å². The van der Waals surface area contributed by atoms with Crippen molar-refractivity contribution in [2.24, 2.45) is 5.41 Å². The maximum absolute atomic E-state index is 10.8. The minimum absolute atomic E-state index is 0.287. The number of allylic oxidation sites excluding steroid dienone is 2. The van der Waals surface area contributed by atoms with E-state index in [1.54, 1.807) is 6.92 Å². The predicted octanol–water partition coefficient (Wildman–Crippen LogP) is 1.44. The molecule has 0 aromatic rings. The maximum Gasteiger partial charge on any atom is 0.332 e. The van der Waals surface area contributed by atoms with Crippen LogP contribution in [0.4, 0.5) is 0 Å². The van der Waals surface area contributed by atoms with Crippen LogP contribution in [0.2, 0.25) is 0 Å². The van der Waals surface area contributed by atoms with Crippen molar-refractivity contribution in [1.29, 1.82) is 0 Å². The summed E-state index contributed by atoms with van der Waals surface area (Å²) >= 11 is 0. The first kappa shape index (κ1) is 10.5. The fourth-order valence-corrected chi connectivity index (χ4v) is 1.52. The lowest BCUT2D eigenvalue weighted by atomic mass is 9.95. The number of carbonyl (C=O) groups is 2. The van der Waals surface area contributed by atoms with E-state index in [4.69, 9.17) is 10.2 Å². The van der Waals surface area contributed by atoms with Crippen LogP contribution in [-0.4, -0.2) is 22.2 Å². The van der Waals surface area contributed by atoms with E-state index in [0.717, 1.165) is 6.08 Å². The largest absolute Gasteiger partial charge is 0.478 e. The number of carboxylic acids is 2. The van der Waals surface area contributed by atoms with Crippen molar-refractivity contribution in [2.75, 3.05) is 0 Å². The predicted molar refractivity (Wildman–Crippen MR) is 49.8 cm³/mol. The number of rotatable bonds is 4. The van der Waals surface area contributed by atoms with Gasteiger partial charge in [-0.05, 0) is 19.8 Å². The van der Waals surface area contributed by atoms with E-state index in [9.17, 15) is 9.59 Å². The zero-order chi connectivity index (χ0) is 10.8. The summed E-state index contributed by atoms with van der Waals surface area (Å²) in [5, 5.41) is 17.3. The van der Waals surface area contributed by atoms with Gasteiger partial charge in [0.1, 0.15) is 0 Å². The highest BCUT2D eigenvalue weighted by atomic mass is 16.4. The Morgan fingerprint density at radius 2 is 1.86 bits per heavy atom. The molecule has 1 aliphatic rings. The van der Waals surface area contributed by atoms with Gasteiger partial charge in [-0.25, -0.2) is 9.59 Å². The molecule has 0 atom stereocenters. The zero-order valence-corrected chi connectivity index (χ0v) is 7.86. The smallest absolute Gasteiger partial charge is 0.332 e. The summed E-state index contributed by atoms with van der Waals surface area (Å²) in [6.45, 7) is 1.65. The topological polar surface area (TPSA) is 74.6 Å². The van der Waals surface area contributed by atoms with E-state index in [-0.39, 0.29) is 5.57 Å². The Bertz CT molecular complexity index is 321. The van der Waals surface area contributed by atoms with Gasteiger partial charge < -0.3 is 10.2 Å². The Balaban J connectivity index is 2.85. The molecule has 0 heterocycles. The molecule has 0 spiro atoms. The molecule has 0 radical (unpaired) electrons. The molecule has 4 nitrogen and oxygen atoms in total. The molecule has 76 valence electrons. The van der Waals surface area contributed by atoms with Crippen molar-refractivity contribution in [3.05, 3.63) is 23.8 Å². The van der Waals surface area contributed by atoms with Crippen LogP contribution >= 0.6 is 0 Å². The average molecular weight is 196 g/mol. The molecule has 4 heteroatoms. The summed E-state index contributed by atoms with van der Waals surface area (Å²) in [5.41, 5.74) is -0.242. The summed E-state index contributed by atoms with van der Waals surface area (Å²) < 4.78 is 0. The van der Waals surface area contributed by atoms with E-state index in [0.29, 0.717) is 12.8 Å². The monoisotopic (exact) mass is 196 g/mol. The van der Waals surface area contributed by atoms with Gasteiger partial charge in [-0.15, -0.1) is 0 Å².